The third-order valence-electron chi connectivity index (χ3n) is 3.62. The highest BCUT2D eigenvalue weighted by Gasteiger charge is 2.27. The first-order chi connectivity index (χ1) is 10.5. The van der Waals surface area contributed by atoms with Crippen LogP contribution in [0, 0.1) is 6.92 Å². The van der Waals surface area contributed by atoms with E-state index in [4.69, 9.17) is 0 Å². The summed E-state index contributed by atoms with van der Waals surface area (Å²) >= 11 is 0. The van der Waals surface area contributed by atoms with Crippen molar-refractivity contribution in [3.63, 3.8) is 0 Å². The predicted molar refractivity (Wildman–Crippen MR) is 85.1 cm³/mol. The highest BCUT2D eigenvalue weighted by molar-refractivity contribution is 7.91. The molecule has 0 heterocycles. The lowest BCUT2D eigenvalue weighted by Crippen LogP contribution is -2.04. The van der Waals surface area contributed by atoms with E-state index in [0.29, 0.717) is 11.8 Å². The van der Waals surface area contributed by atoms with E-state index >= 15 is 0 Å². The number of carbonyl (C=O) groups is 1. The minimum atomic E-state index is -3.74. The van der Waals surface area contributed by atoms with Crippen molar-refractivity contribution in [2.24, 2.45) is 0 Å². The van der Waals surface area contributed by atoms with Crippen LogP contribution in [0.1, 0.15) is 15.9 Å². The first kappa shape index (κ1) is 14.5. The molecule has 0 bridgehead atoms. The van der Waals surface area contributed by atoms with E-state index in [1.54, 1.807) is 48.5 Å². The number of fused-ring (bicyclic) bond motifs is 1. The lowest BCUT2D eigenvalue weighted by Gasteiger charge is -2.06. The second-order valence-electron chi connectivity index (χ2n) is 5.14. The van der Waals surface area contributed by atoms with Crippen LogP contribution in [-0.2, 0) is 9.84 Å². The Hall–Kier alpha value is -2.46. The van der Waals surface area contributed by atoms with Crippen molar-refractivity contribution in [2.45, 2.75) is 16.7 Å². The molecule has 0 fully saturated rings. The standard InChI is InChI=1S/C18H14O3S/c1-13-7-9-16(10-8-13)22(20,21)18-15(12-19)11-14-5-3-2-4-6-17(14)18/h2-12H,1H3. The summed E-state index contributed by atoms with van der Waals surface area (Å²) in [4.78, 5) is 11.6. The number of sulfone groups is 1. The highest BCUT2D eigenvalue weighted by Crippen LogP contribution is 2.37. The number of hydrogen-bond acceptors (Lipinski definition) is 3. The Morgan fingerprint density at radius 2 is 1.59 bits per heavy atom. The maximum Gasteiger partial charge on any atom is 0.207 e. The fourth-order valence-electron chi connectivity index (χ4n) is 2.51. The van der Waals surface area contributed by atoms with Gasteiger partial charge in [0.15, 0.2) is 6.29 Å². The maximum atomic E-state index is 12.9. The van der Waals surface area contributed by atoms with Gasteiger partial charge in [0, 0.05) is 11.1 Å². The topological polar surface area (TPSA) is 51.2 Å². The molecule has 0 aromatic heterocycles. The molecule has 0 radical (unpaired) electrons. The zero-order valence-electron chi connectivity index (χ0n) is 12.0. The lowest BCUT2D eigenvalue weighted by molar-refractivity contribution is 0.112. The van der Waals surface area contributed by atoms with Gasteiger partial charge in [-0.3, -0.25) is 4.79 Å². The van der Waals surface area contributed by atoms with Crippen LogP contribution in [0.4, 0.5) is 0 Å². The van der Waals surface area contributed by atoms with E-state index in [0.717, 1.165) is 11.1 Å². The Morgan fingerprint density at radius 1 is 0.909 bits per heavy atom. The molecule has 1 aromatic carbocycles. The van der Waals surface area contributed by atoms with Gasteiger partial charge in [-0.05, 0) is 30.7 Å². The fourth-order valence-corrected chi connectivity index (χ4v) is 4.13. The average molecular weight is 310 g/mol. The van der Waals surface area contributed by atoms with Gasteiger partial charge in [0.1, 0.15) is 0 Å². The van der Waals surface area contributed by atoms with Crippen molar-refractivity contribution < 1.29 is 13.2 Å². The largest absolute Gasteiger partial charge is 0.298 e. The molecular weight excluding hydrogens is 296 g/mol. The molecule has 3 nitrogen and oxygen atoms in total. The van der Waals surface area contributed by atoms with E-state index in [1.807, 2.05) is 19.1 Å². The second-order valence-corrected chi connectivity index (χ2v) is 7.03. The lowest BCUT2D eigenvalue weighted by atomic mass is 10.2. The van der Waals surface area contributed by atoms with Crippen LogP contribution >= 0.6 is 0 Å². The SMILES string of the molecule is Cc1ccc(S(=O)(=O)c2c(C=O)cc3cccccc2-3)cc1. The molecule has 0 unspecified atom stereocenters. The summed E-state index contributed by atoms with van der Waals surface area (Å²) in [6.45, 7) is 1.89. The summed E-state index contributed by atoms with van der Waals surface area (Å²) in [5, 5.41) is 0. The Labute approximate surface area is 129 Å². The normalized spacial score (nSPS) is 11.5. The molecule has 3 rings (SSSR count). The van der Waals surface area contributed by atoms with Gasteiger partial charge in [-0.25, -0.2) is 8.42 Å². The summed E-state index contributed by atoms with van der Waals surface area (Å²) in [5.74, 6) is 0. The minimum Gasteiger partial charge on any atom is -0.298 e. The molecule has 110 valence electrons. The molecule has 4 heteroatoms. The molecule has 0 aliphatic heterocycles. The molecule has 2 aliphatic rings. The molecule has 22 heavy (non-hydrogen) atoms. The molecule has 0 N–H and O–H groups in total. The number of aldehydes is 1. The van der Waals surface area contributed by atoms with E-state index < -0.39 is 9.84 Å². The van der Waals surface area contributed by atoms with Crippen LogP contribution in [-0.4, -0.2) is 14.7 Å². The minimum absolute atomic E-state index is 0.0811. The van der Waals surface area contributed by atoms with Crippen LogP contribution in [0.15, 0.2) is 70.5 Å². The second kappa shape index (κ2) is 5.39. The zero-order valence-corrected chi connectivity index (χ0v) is 12.8. The number of benzene rings is 1. The molecule has 0 atom stereocenters. The van der Waals surface area contributed by atoms with Crippen LogP contribution in [0.3, 0.4) is 0 Å². The molecule has 0 saturated carbocycles. The number of aryl methyl sites for hydroxylation is 1. The first-order valence-corrected chi connectivity index (χ1v) is 8.31. The van der Waals surface area contributed by atoms with Gasteiger partial charge in [-0.2, -0.15) is 0 Å². The third kappa shape index (κ3) is 2.31. The van der Waals surface area contributed by atoms with Gasteiger partial charge in [0.05, 0.1) is 9.79 Å². The van der Waals surface area contributed by atoms with Gasteiger partial charge in [0.2, 0.25) is 9.84 Å². The number of hydrogen-bond donors (Lipinski definition) is 0. The quantitative estimate of drug-likeness (QED) is 0.692. The molecule has 2 aliphatic carbocycles. The van der Waals surface area contributed by atoms with E-state index in [1.165, 1.54) is 0 Å². The molecule has 0 saturated heterocycles. The van der Waals surface area contributed by atoms with Crippen LogP contribution < -0.4 is 0 Å². The monoisotopic (exact) mass is 310 g/mol. The van der Waals surface area contributed by atoms with Gasteiger partial charge in [-0.15, -0.1) is 0 Å². The highest BCUT2D eigenvalue weighted by atomic mass is 32.2. The molecule has 0 amide bonds. The Kier molecular flexibility index (Phi) is 3.54. The Morgan fingerprint density at radius 3 is 2.27 bits per heavy atom. The third-order valence-corrected chi connectivity index (χ3v) is 5.50. The smallest absolute Gasteiger partial charge is 0.207 e. The summed E-state index contributed by atoms with van der Waals surface area (Å²) in [7, 11) is -3.74. The van der Waals surface area contributed by atoms with Crippen molar-refractivity contribution >= 4 is 16.1 Å². The first-order valence-electron chi connectivity index (χ1n) is 6.83. The van der Waals surface area contributed by atoms with E-state index in [9.17, 15) is 13.2 Å². The van der Waals surface area contributed by atoms with Crippen LogP contribution in [0.5, 0.6) is 0 Å². The summed E-state index contributed by atoms with van der Waals surface area (Å²) in [6, 6.07) is 17.2. The Balaban J connectivity index is 2.30. The molecule has 0 spiro atoms. The molecule has 1 aromatic rings. The van der Waals surface area contributed by atoms with Gasteiger partial charge >= 0.3 is 0 Å². The fraction of sp³-hybridized carbons (Fsp3) is 0.0556. The van der Waals surface area contributed by atoms with Gasteiger partial charge in [0.25, 0.3) is 0 Å². The predicted octanol–water partition coefficient (Wildman–Crippen LogP) is 3.75. The van der Waals surface area contributed by atoms with Crippen LogP contribution in [0.25, 0.3) is 11.1 Å². The van der Waals surface area contributed by atoms with Crippen LogP contribution in [0.2, 0.25) is 0 Å². The maximum absolute atomic E-state index is 12.9. The Bertz CT molecular complexity index is 909. The van der Waals surface area contributed by atoms with Crippen molar-refractivity contribution in [1.82, 2.24) is 0 Å². The zero-order chi connectivity index (χ0) is 15.7. The summed E-state index contributed by atoms with van der Waals surface area (Å²) in [6.07, 6.45) is 0.598. The summed E-state index contributed by atoms with van der Waals surface area (Å²) in [5.41, 5.74) is 2.47. The van der Waals surface area contributed by atoms with E-state index in [2.05, 4.69) is 0 Å². The van der Waals surface area contributed by atoms with Gasteiger partial charge < -0.3 is 0 Å². The van der Waals surface area contributed by atoms with Crippen molar-refractivity contribution in [1.29, 1.82) is 0 Å². The van der Waals surface area contributed by atoms with Gasteiger partial charge in [-0.1, -0.05) is 48.0 Å². The van der Waals surface area contributed by atoms with Crippen molar-refractivity contribution in [2.75, 3.05) is 0 Å². The average Bonchev–Trinajstić information content (AvgIpc) is 2.71. The summed E-state index contributed by atoms with van der Waals surface area (Å²) < 4.78 is 25.9. The number of carbonyl (C=O) groups excluding carboxylic acids is 1. The van der Waals surface area contributed by atoms with E-state index in [-0.39, 0.29) is 15.4 Å². The molecular formula is C18H14O3S. The number of rotatable bonds is 3. The van der Waals surface area contributed by atoms with Crippen molar-refractivity contribution in [3.05, 3.63) is 71.8 Å². The van der Waals surface area contributed by atoms with Crippen molar-refractivity contribution in [3.8, 4) is 11.1 Å².